The third-order valence-electron chi connectivity index (χ3n) is 4.36. The van der Waals surface area contributed by atoms with Crippen molar-refractivity contribution in [2.24, 2.45) is 11.7 Å². The number of carboxylic acid groups (broad SMARTS) is 1. The molecule has 0 spiro atoms. The summed E-state index contributed by atoms with van der Waals surface area (Å²) in [5, 5.41) is 12.4. The molecule has 0 fully saturated rings. The quantitative estimate of drug-likeness (QED) is 0.583. The number of para-hydroxylation sites is 1. The fourth-order valence-electron chi connectivity index (χ4n) is 3.08. The Balaban J connectivity index is 2.30. The van der Waals surface area contributed by atoms with Crippen molar-refractivity contribution in [1.29, 1.82) is 0 Å². The van der Waals surface area contributed by atoms with Crippen molar-refractivity contribution in [1.82, 2.24) is 4.90 Å². The summed E-state index contributed by atoms with van der Waals surface area (Å²) < 4.78 is 5.54. The van der Waals surface area contributed by atoms with Crippen LogP contribution in [0.3, 0.4) is 0 Å². The van der Waals surface area contributed by atoms with Gasteiger partial charge in [-0.25, -0.2) is 9.59 Å². The number of nitrogens with two attached hydrogens (primary N) is 1. The van der Waals surface area contributed by atoms with E-state index in [0.29, 0.717) is 22.6 Å². The van der Waals surface area contributed by atoms with Gasteiger partial charge in [0, 0.05) is 12.2 Å². The number of urea groups is 1. The molecule has 0 aliphatic carbocycles. The minimum Gasteiger partial charge on any atom is -0.484 e. The van der Waals surface area contributed by atoms with Crippen LogP contribution in [0.2, 0.25) is 0 Å². The maximum absolute atomic E-state index is 12.9. The maximum Gasteiger partial charge on any atom is 0.331 e. The van der Waals surface area contributed by atoms with Crippen LogP contribution >= 0.6 is 0 Å². The zero-order valence-corrected chi connectivity index (χ0v) is 17.3. The number of carbonyl (C=O) groups excluding carboxylic acids is 2. The average molecular weight is 413 g/mol. The molecule has 8 heteroatoms. The normalized spacial score (nSPS) is 11.6. The average Bonchev–Trinajstić information content (AvgIpc) is 2.67. The summed E-state index contributed by atoms with van der Waals surface area (Å²) in [6.45, 7) is 5.50. The number of ether oxygens (including phenoxy) is 1. The topological polar surface area (TPSA) is 122 Å². The molecule has 2 rings (SSSR count). The Morgan fingerprint density at radius 3 is 2.33 bits per heavy atom. The predicted molar refractivity (Wildman–Crippen MR) is 113 cm³/mol. The summed E-state index contributed by atoms with van der Waals surface area (Å²) >= 11 is 0. The molecule has 1 atom stereocenters. The third-order valence-corrected chi connectivity index (χ3v) is 4.36. The second kappa shape index (κ2) is 10.3. The van der Waals surface area contributed by atoms with Gasteiger partial charge < -0.3 is 25.8 Å². The highest BCUT2D eigenvalue weighted by molar-refractivity contribution is 5.89. The van der Waals surface area contributed by atoms with Crippen molar-refractivity contribution in [3.63, 3.8) is 0 Å². The van der Waals surface area contributed by atoms with Crippen LogP contribution in [-0.4, -0.2) is 41.1 Å². The Hall–Kier alpha value is -3.55. The smallest absolute Gasteiger partial charge is 0.331 e. The highest BCUT2D eigenvalue weighted by Crippen LogP contribution is 2.27. The van der Waals surface area contributed by atoms with Gasteiger partial charge in [-0.1, -0.05) is 44.2 Å². The number of benzene rings is 2. The number of nitrogens with zero attached hydrogens (tertiary/aromatic N) is 1. The lowest BCUT2D eigenvalue weighted by Gasteiger charge is -2.31. The Morgan fingerprint density at radius 1 is 1.13 bits per heavy atom. The monoisotopic (exact) mass is 413 g/mol. The second-order valence-electron chi connectivity index (χ2n) is 7.35. The Labute approximate surface area is 175 Å². The van der Waals surface area contributed by atoms with Gasteiger partial charge in [-0.3, -0.25) is 4.79 Å². The molecule has 3 amide bonds. The first-order chi connectivity index (χ1) is 14.2. The van der Waals surface area contributed by atoms with Gasteiger partial charge in [0.25, 0.3) is 5.91 Å². The summed E-state index contributed by atoms with van der Waals surface area (Å²) in [5.41, 5.74) is 6.68. The van der Waals surface area contributed by atoms with Crippen LogP contribution in [0, 0.1) is 12.8 Å². The predicted octanol–water partition coefficient (Wildman–Crippen LogP) is 3.17. The molecule has 0 saturated heterocycles. The van der Waals surface area contributed by atoms with Crippen molar-refractivity contribution in [3.8, 4) is 5.75 Å². The first-order valence-corrected chi connectivity index (χ1v) is 9.56. The van der Waals surface area contributed by atoms with Gasteiger partial charge in [0.2, 0.25) is 0 Å². The van der Waals surface area contributed by atoms with Crippen LogP contribution in [0.15, 0.2) is 48.5 Å². The van der Waals surface area contributed by atoms with E-state index in [1.54, 1.807) is 49.4 Å². The fourth-order valence-corrected chi connectivity index (χ4v) is 3.08. The lowest BCUT2D eigenvalue weighted by molar-refractivity contribution is -0.152. The number of amides is 3. The number of carbonyl (C=O) groups is 3. The van der Waals surface area contributed by atoms with Crippen LogP contribution in [0.1, 0.15) is 31.0 Å². The molecule has 30 heavy (non-hydrogen) atoms. The first-order valence-electron chi connectivity index (χ1n) is 9.56. The number of anilines is 1. The van der Waals surface area contributed by atoms with Crippen LogP contribution in [0.25, 0.3) is 0 Å². The van der Waals surface area contributed by atoms with E-state index in [2.05, 4.69) is 5.32 Å². The van der Waals surface area contributed by atoms with Crippen molar-refractivity contribution < 1.29 is 24.2 Å². The number of aliphatic carboxylic acids is 1. The number of hydrogen-bond acceptors (Lipinski definition) is 4. The number of primary amides is 1. The van der Waals surface area contributed by atoms with Gasteiger partial charge in [0.05, 0.1) is 0 Å². The Kier molecular flexibility index (Phi) is 7.80. The molecule has 0 radical (unpaired) electrons. The van der Waals surface area contributed by atoms with E-state index in [4.69, 9.17) is 10.5 Å². The molecular weight excluding hydrogens is 386 g/mol. The molecule has 2 aromatic carbocycles. The van der Waals surface area contributed by atoms with E-state index in [-0.39, 0.29) is 19.1 Å². The van der Waals surface area contributed by atoms with E-state index in [1.807, 2.05) is 19.9 Å². The number of nitrogens with one attached hydrogen (secondary N) is 1. The fraction of sp³-hybridized carbons (Fsp3) is 0.318. The highest BCUT2D eigenvalue weighted by Gasteiger charge is 2.32. The number of rotatable bonds is 9. The van der Waals surface area contributed by atoms with Crippen molar-refractivity contribution in [2.75, 3.05) is 18.5 Å². The summed E-state index contributed by atoms with van der Waals surface area (Å²) in [4.78, 5) is 37.5. The molecule has 0 saturated carbocycles. The molecule has 1 unspecified atom stereocenters. The van der Waals surface area contributed by atoms with Crippen LogP contribution < -0.4 is 15.8 Å². The van der Waals surface area contributed by atoms with Gasteiger partial charge in [0.1, 0.15) is 5.75 Å². The Bertz CT molecular complexity index is 899. The number of aryl methyl sites for hydroxylation is 1. The standard InChI is InChI=1S/C22H27N3O5/c1-14(2)12-25(19(26)13-30-17-7-5-4-6-8-17)20(21(27)28)16-9-10-18(15(3)11-16)24-22(23)29/h4-11,14,20H,12-13H2,1-3H3,(H,27,28)(H3,23,24,29). The van der Waals surface area contributed by atoms with Crippen molar-refractivity contribution >= 4 is 23.6 Å². The minimum absolute atomic E-state index is 0.0458. The molecule has 0 heterocycles. The van der Waals surface area contributed by atoms with Gasteiger partial charge in [-0.05, 0) is 42.2 Å². The first kappa shape index (κ1) is 22.7. The summed E-state index contributed by atoms with van der Waals surface area (Å²) in [6.07, 6.45) is 0. The zero-order chi connectivity index (χ0) is 22.3. The van der Waals surface area contributed by atoms with E-state index in [0.717, 1.165) is 0 Å². The zero-order valence-electron chi connectivity index (χ0n) is 17.3. The Morgan fingerprint density at radius 2 is 1.80 bits per heavy atom. The largest absolute Gasteiger partial charge is 0.484 e. The number of hydrogen-bond donors (Lipinski definition) is 3. The molecule has 2 aromatic rings. The van der Waals surface area contributed by atoms with Crippen molar-refractivity contribution in [2.45, 2.75) is 26.8 Å². The van der Waals surface area contributed by atoms with Crippen LogP contribution in [-0.2, 0) is 9.59 Å². The molecular formula is C22H27N3O5. The molecule has 4 N–H and O–H groups in total. The summed E-state index contributed by atoms with van der Waals surface area (Å²) in [6, 6.07) is 11.7. The van der Waals surface area contributed by atoms with Crippen molar-refractivity contribution in [3.05, 3.63) is 59.7 Å². The van der Waals surface area contributed by atoms with Crippen LogP contribution in [0.4, 0.5) is 10.5 Å². The SMILES string of the molecule is Cc1cc(C(C(=O)O)N(CC(C)C)C(=O)COc2ccccc2)ccc1NC(N)=O. The minimum atomic E-state index is -1.19. The maximum atomic E-state index is 12.9. The molecule has 0 aliphatic rings. The van der Waals surface area contributed by atoms with Gasteiger partial charge in [-0.15, -0.1) is 0 Å². The second-order valence-corrected chi connectivity index (χ2v) is 7.35. The molecule has 0 bridgehead atoms. The van der Waals surface area contributed by atoms with E-state index >= 15 is 0 Å². The third kappa shape index (κ3) is 6.23. The van der Waals surface area contributed by atoms with Gasteiger partial charge >= 0.3 is 12.0 Å². The number of carboxylic acids is 1. The molecule has 0 aromatic heterocycles. The molecule has 0 aliphatic heterocycles. The van der Waals surface area contributed by atoms with Gasteiger partial charge in [-0.2, -0.15) is 0 Å². The van der Waals surface area contributed by atoms with E-state index < -0.39 is 23.9 Å². The van der Waals surface area contributed by atoms with Gasteiger partial charge in [0.15, 0.2) is 12.6 Å². The highest BCUT2D eigenvalue weighted by atomic mass is 16.5. The molecule has 8 nitrogen and oxygen atoms in total. The summed E-state index contributed by atoms with van der Waals surface area (Å²) in [5.74, 6) is -1.01. The lowest BCUT2D eigenvalue weighted by Crippen LogP contribution is -2.43. The van der Waals surface area contributed by atoms with E-state index in [9.17, 15) is 19.5 Å². The lowest BCUT2D eigenvalue weighted by atomic mass is 10.0. The molecule has 160 valence electrons. The van der Waals surface area contributed by atoms with E-state index in [1.165, 1.54) is 4.90 Å². The summed E-state index contributed by atoms with van der Waals surface area (Å²) in [7, 11) is 0. The van der Waals surface area contributed by atoms with Crippen LogP contribution in [0.5, 0.6) is 5.75 Å².